The van der Waals surface area contributed by atoms with Crippen molar-refractivity contribution in [2.24, 2.45) is 4.99 Å². The summed E-state index contributed by atoms with van der Waals surface area (Å²) in [6, 6.07) is 28.1. The summed E-state index contributed by atoms with van der Waals surface area (Å²) < 4.78 is 24.7. The van der Waals surface area contributed by atoms with Gasteiger partial charge in [0.25, 0.3) is 5.56 Å². The molecule has 1 aliphatic rings. The lowest BCUT2D eigenvalue weighted by Crippen LogP contribution is -2.40. The number of rotatable bonds is 10. The number of thiazole rings is 1. The molecule has 2 heterocycles. The molecule has 0 N–H and O–H groups in total. The third-order valence-corrected chi connectivity index (χ3v) is 9.05. The van der Waals surface area contributed by atoms with Crippen molar-refractivity contribution in [2.75, 3.05) is 20.8 Å². The highest BCUT2D eigenvalue weighted by Crippen LogP contribution is 2.38. The van der Waals surface area contributed by atoms with Crippen LogP contribution in [-0.4, -0.2) is 31.4 Å². The van der Waals surface area contributed by atoms with Crippen LogP contribution in [0.2, 0.25) is 5.02 Å². The summed E-state index contributed by atoms with van der Waals surface area (Å²) in [7, 11) is 3.06. The van der Waals surface area contributed by atoms with Gasteiger partial charge in [-0.15, -0.1) is 0 Å². The number of esters is 1. The number of carbonyl (C=O) groups excluding carboxylic acids is 1. The number of ether oxygens (including phenoxy) is 4. The van der Waals surface area contributed by atoms with Gasteiger partial charge in [-0.1, -0.05) is 71.5 Å². The highest BCUT2D eigenvalue weighted by Gasteiger charge is 2.35. The number of nitriles is 1. The lowest BCUT2D eigenvalue weighted by molar-refractivity contribution is -0.138. The first-order valence-corrected chi connectivity index (χ1v) is 16.5. The molecule has 1 aromatic heterocycles. The number of methoxy groups -OCH3 is 2. The molecule has 0 spiro atoms. The Morgan fingerprint density at radius 1 is 0.980 bits per heavy atom. The fourth-order valence-electron chi connectivity index (χ4n) is 5.52. The molecular weight excluding hydrogens is 662 g/mol. The van der Waals surface area contributed by atoms with E-state index in [1.54, 1.807) is 61.5 Å². The highest BCUT2D eigenvalue weighted by atomic mass is 35.5. The van der Waals surface area contributed by atoms with Crippen molar-refractivity contribution in [3.63, 3.8) is 0 Å². The van der Waals surface area contributed by atoms with E-state index in [1.807, 2.05) is 42.5 Å². The van der Waals surface area contributed by atoms with E-state index in [-0.39, 0.29) is 24.3 Å². The number of hydrogen-bond donors (Lipinski definition) is 0. The number of nitrogens with zero attached hydrogens (tertiary/aromatic N) is 3. The summed E-state index contributed by atoms with van der Waals surface area (Å²) in [4.78, 5) is 33.5. The largest absolute Gasteiger partial charge is 0.493 e. The predicted octanol–water partition coefficient (Wildman–Crippen LogP) is 6.06. The van der Waals surface area contributed by atoms with E-state index < -0.39 is 12.0 Å². The van der Waals surface area contributed by atoms with Gasteiger partial charge in [0.05, 0.1) is 54.3 Å². The summed E-state index contributed by atoms with van der Waals surface area (Å²) in [5, 5.41) is 9.58. The third-order valence-electron chi connectivity index (χ3n) is 7.83. The van der Waals surface area contributed by atoms with Gasteiger partial charge in [-0.25, -0.2) is 9.79 Å². The highest BCUT2D eigenvalue weighted by molar-refractivity contribution is 7.07. The SMILES string of the molecule is CCOC(=O)C1=C(c2ccccc2)N=c2s/c(=C\c3cc(Cl)ccc3OCc3ccc(C#N)cc3)c(=O)n2C1c1ccc(OC)c(OC)c1. The van der Waals surface area contributed by atoms with Gasteiger partial charge in [0, 0.05) is 16.1 Å². The molecule has 1 aliphatic heterocycles. The van der Waals surface area contributed by atoms with Gasteiger partial charge in [0.15, 0.2) is 16.3 Å². The summed E-state index contributed by atoms with van der Waals surface area (Å²) in [5.74, 6) is 0.852. The van der Waals surface area contributed by atoms with Crippen LogP contribution in [-0.2, 0) is 16.1 Å². The second-order valence-corrected chi connectivity index (χ2v) is 12.3. The second-order valence-electron chi connectivity index (χ2n) is 10.8. The summed E-state index contributed by atoms with van der Waals surface area (Å²) >= 11 is 7.60. The maximum absolute atomic E-state index is 14.4. The van der Waals surface area contributed by atoms with E-state index >= 15 is 0 Å². The average Bonchev–Trinajstić information content (AvgIpc) is 3.44. The first-order chi connectivity index (χ1) is 23.8. The second kappa shape index (κ2) is 14.6. The van der Waals surface area contributed by atoms with Crippen LogP contribution in [0.15, 0.2) is 106 Å². The van der Waals surface area contributed by atoms with Crippen LogP contribution < -0.4 is 29.1 Å². The van der Waals surface area contributed by atoms with Gasteiger partial charge < -0.3 is 18.9 Å². The lowest BCUT2D eigenvalue weighted by atomic mass is 9.93. The van der Waals surface area contributed by atoms with Crippen LogP contribution in [0.1, 0.15) is 40.8 Å². The van der Waals surface area contributed by atoms with Crippen molar-refractivity contribution in [1.82, 2.24) is 4.57 Å². The van der Waals surface area contributed by atoms with E-state index in [4.69, 9.17) is 40.8 Å². The molecule has 0 saturated heterocycles. The molecule has 246 valence electrons. The molecule has 0 fully saturated rings. The van der Waals surface area contributed by atoms with E-state index in [9.17, 15) is 9.59 Å². The molecule has 0 saturated carbocycles. The maximum Gasteiger partial charge on any atom is 0.338 e. The van der Waals surface area contributed by atoms with E-state index in [0.717, 1.165) is 5.56 Å². The Morgan fingerprint density at radius 3 is 2.41 bits per heavy atom. The molecule has 0 bridgehead atoms. The molecule has 49 heavy (non-hydrogen) atoms. The molecule has 1 unspecified atom stereocenters. The molecule has 0 radical (unpaired) electrons. The number of fused-ring (bicyclic) bond motifs is 1. The standard InChI is InChI=1S/C38H30ClN3O6S/c1-4-47-37(44)33-34(25-8-6-5-7-9-25)41-38-42(35(33)26-14-16-30(45-2)31(19-26)46-3)36(43)32(49-38)20-27-18-28(39)15-17-29(27)48-22-24-12-10-23(21-40)11-13-24/h5-20,35H,4,22H2,1-3H3/b32-20-. The topological polar surface area (TPSA) is 112 Å². The minimum absolute atomic E-state index is 0.132. The fourth-order valence-corrected chi connectivity index (χ4v) is 6.69. The predicted molar refractivity (Wildman–Crippen MR) is 188 cm³/mol. The first kappa shape index (κ1) is 33.3. The van der Waals surface area contributed by atoms with E-state index in [2.05, 4.69) is 6.07 Å². The Hall–Kier alpha value is -5.63. The van der Waals surface area contributed by atoms with Crippen LogP contribution in [0.5, 0.6) is 17.2 Å². The van der Waals surface area contributed by atoms with Crippen LogP contribution in [0.3, 0.4) is 0 Å². The Balaban J connectivity index is 1.54. The zero-order valence-electron chi connectivity index (χ0n) is 26.8. The smallest absolute Gasteiger partial charge is 0.338 e. The van der Waals surface area contributed by atoms with Gasteiger partial charge >= 0.3 is 5.97 Å². The first-order valence-electron chi connectivity index (χ1n) is 15.3. The van der Waals surface area contributed by atoms with Crippen molar-refractivity contribution in [3.8, 4) is 23.3 Å². The molecule has 6 rings (SSSR count). The van der Waals surface area contributed by atoms with Crippen LogP contribution in [0.4, 0.5) is 0 Å². The summed E-state index contributed by atoms with van der Waals surface area (Å²) in [5.41, 5.74) is 3.56. The Kier molecular flexibility index (Phi) is 9.95. The normalized spacial score (nSPS) is 14.0. The Morgan fingerprint density at radius 2 is 1.71 bits per heavy atom. The average molecular weight is 692 g/mol. The van der Waals surface area contributed by atoms with Gasteiger partial charge in [-0.2, -0.15) is 5.26 Å². The Labute approximate surface area is 291 Å². The van der Waals surface area contributed by atoms with Gasteiger partial charge in [0.2, 0.25) is 0 Å². The lowest BCUT2D eigenvalue weighted by Gasteiger charge is -2.26. The molecule has 9 nitrogen and oxygen atoms in total. The number of hydrogen-bond acceptors (Lipinski definition) is 9. The minimum Gasteiger partial charge on any atom is -0.493 e. The quantitative estimate of drug-likeness (QED) is 0.164. The number of carbonyl (C=O) groups is 1. The third kappa shape index (κ3) is 6.85. The zero-order chi connectivity index (χ0) is 34.5. The van der Waals surface area contributed by atoms with E-state index in [1.165, 1.54) is 30.1 Å². The van der Waals surface area contributed by atoms with Gasteiger partial charge in [-0.05, 0) is 66.6 Å². The minimum atomic E-state index is -0.904. The Bertz CT molecular complexity index is 2290. The van der Waals surface area contributed by atoms with Gasteiger partial charge in [0.1, 0.15) is 12.4 Å². The number of halogens is 1. The summed E-state index contributed by atoms with van der Waals surface area (Å²) in [6.45, 7) is 2.10. The molecular formula is C38H30ClN3O6S. The molecule has 4 aromatic carbocycles. The van der Waals surface area contributed by atoms with E-state index in [0.29, 0.717) is 59.6 Å². The molecule has 11 heteroatoms. The number of benzene rings is 4. The fraction of sp³-hybridized carbons (Fsp3) is 0.158. The summed E-state index contributed by atoms with van der Waals surface area (Å²) in [6.07, 6.45) is 1.71. The molecule has 0 amide bonds. The molecule has 1 atom stereocenters. The van der Waals surface area contributed by atoms with Gasteiger partial charge in [-0.3, -0.25) is 9.36 Å². The van der Waals surface area contributed by atoms with Crippen LogP contribution in [0, 0.1) is 11.3 Å². The van der Waals surface area contributed by atoms with Crippen LogP contribution in [0.25, 0.3) is 11.8 Å². The van der Waals surface area contributed by atoms with Crippen molar-refractivity contribution in [1.29, 1.82) is 5.26 Å². The van der Waals surface area contributed by atoms with Crippen LogP contribution >= 0.6 is 22.9 Å². The monoisotopic (exact) mass is 691 g/mol. The van der Waals surface area contributed by atoms with Crippen molar-refractivity contribution in [3.05, 3.63) is 149 Å². The van der Waals surface area contributed by atoms with Crippen molar-refractivity contribution < 1.29 is 23.7 Å². The maximum atomic E-state index is 14.4. The number of aromatic nitrogens is 1. The van der Waals surface area contributed by atoms with Crippen molar-refractivity contribution >= 4 is 40.7 Å². The molecule has 0 aliphatic carbocycles. The zero-order valence-corrected chi connectivity index (χ0v) is 28.4. The molecule has 5 aromatic rings. The van der Waals surface area contributed by atoms with Crippen molar-refractivity contribution in [2.45, 2.75) is 19.6 Å².